The number of benzene rings is 1. The van der Waals surface area contributed by atoms with Crippen LogP contribution < -0.4 is 10.2 Å². The maximum atomic E-state index is 12.9. The van der Waals surface area contributed by atoms with E-state index in [1.54, 1.807) is 59.9 Å². The molecule has 1 aliphatic heterocycles. The minimum atomic E-state index is -0.135. The number of hydrogen-bond donors (Lipinski definition) is 1. The Labute approximate surface area is 167 Å². The van der Waals surface area contributed by atoms with Crippen LogP contribution in [0, 0.1) is 11.3 Å². The third-order valence-corrected chi connectivity index (χ3v) is 4.55. The summed E-state index contributed by atoms with van der Waals surface area (Å²) < 4.78 is 0. The molecule has 0 spiro atoms. The molecule has 2 aromatic heterocycles. The molecule has 0 aliphatic carbocycles. The lowest BCUT2D eigenvalue weighted by Crippen LogP contribution is -2.49. The molecule has 9 nitrogen and oxygen atoms in total. The molecule has 1 fully saturated rings. The number of aromatic nitrogens is 4. The van der Waals surface area contributed by atoms with Gasteiger partial charge in [-0.25, -0.2) is 19.9 Å². The number of hydrogen-bond acceptors (Lipinski definition) is 8. The number of anilines is 3. The average Bonchev–Trinajstić information content (AvgIpc) is 2.80. The Morgan fingerprint density at radius 1 is 0.966 bits per heavy atom. The molecule has 29 heavy (non-hydrogen) atoms. The van der Waals surface area contributed by atoms with Gasteiger partial charge in [-0.05, 0) is 36.4 Å². The van der Waals surface area contributed by atoms with E-state index in [1.807, 2.05) is 0 Å². The molecule has 0 unspecified atom stereocenters. The summed E-state index contributed by atoms with van der Waals surface area (Å²) in [6.45, 7) is 2.47. The van der Waals surface area contributed by atoms with Crippen molar-refractivity contribution in [1.82, 2.24) is 24.8 Å². The van der Waals surface area contributed by atoms with Crippen molar-refractivity contribution in [3.8, 4) is 6.07 Å². The summed E-state index contributed by atoms with van der Waals surface area (Å²) in [6, 6.07) is 12.4. The van der Waals surface area contributed by atoms with Crippen molar-refractivity contribution in [3.63, 3.8) is 0 Å². The van der Waals surface area contributed by atoms with Crippen LogP contribution >= 0.6 is 0 Å². The Bertz CT molecular complexity index is 1020. The highest BCUT2D eigenvalue weighted by molar-refractivity contribution is 5.92. The summed E-state index contributed by atoms with van der Waals surface area (Å²) in [5, 5.41) is 11.9. The largest absolute Gasteiger partial charge is 0.337 e. The number of carbonyl (C=O) groups is 1. The van der Waals surface area contributed by atoms with Gasteiger partial charge in [0.05, 0.1) is 11.6 Å². The molecule has 0 radical (unpaired) electrons. The molecule has 1 aliphatic rings. The van der Waals surface area contributed by atoms with Crippen molar-refractivity contribution in [2.45, 2.75) is 0 Å². The molecule has 1 aromatic carbocycles. The van der Waals surface area contributed by atoms with Crippen molar-refractivity contribution in [2.75, 3.05) is 36.4 Å². The van der Waals surface area contributed by atoms with Gasteiger partial charge in [-0.3, -0.25) is 4.79 Å². The van der Waals surface area contributed by atoms with Crippen LogP contribution in [0.3, 0.4) is 0 Å². The summed E-state index contributed by atoms with van der Waals surface area (Å²) in [5.41, 5.74) is 1.64. The predicted octanol–water partition coefficient (Wildman–Crippen LogP) is 1.84. The number of amides is 1. The molecule has 1 N–H and O–H groups in total. The van der Waals surface area contributed by atoms with Gasteiger partial charge >= 0.3 is 0 Å². The van der Waals surface area contributed by atoms with Gasteiger partial charge < -0.3 is 15.1 Å². The molecule has 0 saturated carbocycles. The molecule has 144 valence electrons. The monoisotopic (exact) mass is 386 g/mol. The molecule has 4 rings (SSSR count). The van der Waals surface area contributed by atoms with Gasteiger partial charge in [0.25, 0.3) is 5.91 Å². The zero-order valence-corrected chi connectivity index (χ0v) is 15.6. The fourth-order valence-electron chi connectivity index (χ4n) is 3.02. The minimum Gasteiger partial charge on any atom is -0.337 e. The Balaban J connectivity index is 1.40. The van der Waals surface area contributed by atoms with Gasteiger partial charge in [-0.2, -0.15) is 5.26 Å². The second-order valence-electron chi connectivity index (χ2n) is 6.41. The van der Waals surface area contributed by atoms with Crippen LogP contribution in [0.2, 0.25) is 0 Å². The van der Waals surface area contributed by atoms with E-state index in [-0.39, 0.29) is 5.91 Å². The van der Waals surface area contributed by atoms with Crippen LogP contribution in [0.4, 0.5) is 17.6 Å². The molecule has 3 aromatic rings. The van der Waals surface area contributed by atoms with E-state index >= 15 is 0 Å². The number of nitriles is 1. The lowest BCUT2D eigenvalue weighted by Gasteiger charge is -2.34. The Morgan fingerprint density at radius 3 is 2.38 bits per heavy atom. The van der Waals surface area contributed by atoms with Gasteiger partial charge in [0.15, 0.2) is 0 Å². The van der Waals surface area contributed by atoms with E-state index in [2.05, 4.69) is 36.2 Å². The van der Waals surface area contributed by atoms with Crippen LogP contribution in [0.5, 0.6) is 0 Å². The maximum absolute atomic E-state index is 12.9. The van der Waals surface area contributed by atoms with Crippen molar-refractivity contribution in [1.29, 1.82) is 5.26 Å². The third kappa shape index (κ3) is 4.27. The molecule has 9 heteroatoms. The first kappa shape index (κ1) is 18.3. The highest BCUT2D eigenvalue weighted by Gasteiger charge is 2.24. The summed E-state index contributed by atoms with van der Waals surface area (Å²) in [7, 11) is 0. The highest BCUT2D eigenvalue weighted by Crippen LogP contribution is 2.15. The zero-order chi connectivity index (χ0) is 20.1. The average molecular weight is 386 g/mol. The fraction of sp³-hybridized carbons (Fsp3) is 0.200. The van der Waals surface area contributed by atoms with Gasteiger partial charge in [-0.1, -0.05) is 0 Å². The summed E-state index contributed by atoms with van der Waals surface area (Å²) in [5.74, 6) is 0.872. The quantitative estimate of drug-likeness (QED) is 0.723. The van der Waals surface area contributed by atoms with Crippen molar-refractivity contribution >= 4 is 23.5 Å². The Hall–Kier alpha value is -4.06. The lowest BCUT2D eigenvalue weighted by molar-refractivity contribution is 0.0740. The van der Waals surface area contributed by atoms with E-state index in [0.29, 0.717) is 49.3 Å². The Kier molecular flexibility index (Phi) is 5.25. The smallest absolute Gasteiger partial charge is 0.272 e. The van der Waals surface area contributed by atoms with Crippen LogP contribution in [-0.2, 0) is 0 Å². The highest BCUT2D eigenvalue weighted by atomic mass is 16.2. The van der Waals surface area contributed by atoms with Gasteiger partial charge in [0, 0.05) is 50.5 Å². The second-order valence-corrected chi connectivity index (χ2v) is 6.41. The number of piperazine rings is 1. The van der Waals surface area contributed by atoms with Crippen molar-refractivity contribution in [2.24, 2.45) is 0 Å². The predicted molar refractivity (Wildman–Crippen MR) is 107 cm³/mol. The summed E-state index contributed by atoms with van der Waals surface area (Å²) in [4.78, 5) is 33.7. The molecular formula is C20H18N8O. The van der Waals surface area contributed by atoms with Gasteiger partial charge in [-0.15, -0.1) is 0 Å². The van der Waals surface area contributed by atoms with Crippen LogP contribution in [-0.4, -0.2) is 56.9 Å². The molecule has 0 bridgehead atoms. The van der Waals surface area contributed by atoms with E-state index in [9.17, 15) is 4.79 Å². The molecule has 1 amide bonds. The Morgan fingerprint density at radius 2 is 1.69 bits per heavy atom. The van der Waals surface area contributed by atoms with Crippen molar-refractivity contribution < 1.29 is 4.79 Å². The topological polar surface area (TPSA) is 111 Å². The molecular weight excluding hydrogens is 368 g/mol. The first-order valence-electron chi connectivity index (χ1n) is 9.14. The first-order chi connectivity index (χ1) is 14.2. The van der Waals surface area contributed by atoms with E-state index in [0.717, 1.165) is 5.69 Å². The van der Waals surface area contributed by atoms with Gasteiger partial charge in [0.1, 0.15) is 5.69 Å². The zero-order valence-electron chi connectivity index (χ0n) is 15.6. The van der Waals surface area contributed by atoms with E-state index in [1.165, 1.54) is 0 Å². The maximum Gasteiger partial charge on any atom is 0.272 e. The lowest BCUT2D eigenvalue weighted by atomic mass is 10.2. The number of nitrogens with zero attached hydrogens (tertiary/aromatic N) is 7. The molecule has 1 saturated heterocycles. The summed E-state index contributed by atoms with van der Waals surface area (Å²) in [6.07, 6.45) is 4.98. The van der Waals surface area contributed by atoms with E-state index in [4.69, 9.17) is 5.26 Å². The number of nitrogens with one attached hydrogen (secondary N) is 1. The standard InChI is InChI=1S/C20H18N8O/c21-14-15-2-4-16(5-3-15)25-19-22-9-6-17(26-19)18(29)27-10-12-28(13-11-27)20-23-7-1-8-24-20/h1-9H,10-13H2,(H,22,25,26). The fourth-order valence-corrected chi connectivity index (χ4v) is 3.02. The van der Waals surface area contributed by atoms with E-state index < -0.39 is 0 Å². The third-order valence-electron chi connectivity index (χ3n) is 4.55. The van der Waals surface area contributed by atoms with Gasteiger partial charge in [0.2, 0.25) is 11.9 Å². The minimum absolute atomic E-state index is 0.135. The number of carbonyl (C=O) groups excluding carboxylic acids is 1. The number of rotatable bonds is 4. The van der Waals surface area contributed by atoms with Crippen LogP contribution in [0.15, 0.2) is 55.0 Å². The second kappa shape index (κ2) is 8.31. The molecule has 0 atom stereocenters. The van der Waals surface area contributed by atoms with Crippen LogP contribution in [0.1, 0.15) is 16.1 Å². The summed E-state index contributed by atoms with van der Waals surface area (Å²) >= 11 is 0. The normalized spacial score (nSPS) is 13.6. The first-order valence-corrected chi connectivity index (χ1v) is 9.14. The van der Waals surface area contributed by atoms with Crippen molar-refractivity contribution in [3.05, 3.63) is 66.2 Å². The van der Waals surface area contributed by atoms with Crippen LogP contribution in [0.25, 0.3) is 0 Å². The molecule has 3 heterocycles. The SMILES string of the molecule is N#Cc1ccc(Nc2nccc(C(=O)N3CCN(c4ncccn4)CC3)n2)cc1.